The zero-order chi connectivity index (χ0) is 22.5. The van der Waals surface area contributed by atoms with Gasteiger partial charge in [-0.05, 0) is 42.4 Å². The lowest BCUT2D eigenvalue weighted by molar-refractivity contribution is 0.114. The maximum atomic E-state index is 12.4. The van der Waals surface area contributed by atoms with Crippen LogP contribution in [0.4, 0.5) is 0 Å². The van der Waals surface area contributed by atoms with Gasteiger partial charge in [-0.25, -0.2) is 4.79 Å². The lowest BCUT2D eigenvalue weighted by atomic mass is 9.78. The summed E-state index contributed by atoms with van der Waals surface area (Å²) in [6.07, 6.45) is 4.09. The molecule has 4 N–H and O–H groups in total. The second-order valence-corrected chi connectivity index (χ2v) is 9.77. The molecule has 1 aliphatic heterocycles. The largest absolute Gasteiger partial charge is 0.387 e. The van der Waals surface area contributed by atoms with Crippen molar-refractivity contribution in [3.63, 3.8) is 0 Å². The van der Waals surface area contributed by atoms with Crippen LogP contribution in [0.2, 0.25) is 0 Å². The molecule has 3 heterocycles. The Bertz CT molecular complexity index is 1310. The van der Waals surface area contributed by atoms with E-state index in [0.29, 0.717) is 13.0 Å². The second-order valence-electron chi connectivity index (χ2n) is 9.77. The first kappa shape index (κ1) is 21.0. The predicted octanol–water partition coefficient (Wildman–Crippen LogP) is 4.35. The number of aromatic nitrogens is 3. The first-order chi connectivity index (χ1) is 15.4. The number of hydrogen-bond donors (Lipinski definition) is 4. The number of aliphatic hydroxyl groups excluding tert-OH is 1. The van der Waals surface area contributed by atoms with Crippen molar-refractivity contribution in [1.29, 1.82) is 0 Å². The molecule has 0 saturated carbocycles. The molecular weight excluding hydrogens is 400 g/mol. The zero-order valence-corrected chi connectivity index (χ0v) is 19.0. The number of nitrogens with one attached hydrogen (secondary N) is 3. The fourth-order valence-corrected chi connectivity index (χ4v) is 5.50. The minimum absolute atomic E-state index is 0.0363. The van der Waals surface area contributed by atoms with Crippen molar-refractivity contribution in [1.82, 2.24) is 19.9 Å². The first-order valence-electron chi connectivity index (χ1n) is 11.6. The van der Waals surface area contributed by atoms with Crippen LogP contribution >= 0.6 is 0 Å². The molecule has 32 heavy (non-hydrogen) atoms. The zero-order valence-electron chi connectivity index (χ0n) is 19.0. The fourth-order valence-electron chi connectivity index (χ4n) is 5.50. The molecule has 0 radical (unpaired) electrons. The Hall–Kier alpha value is -2.83. The van der Waals surface area contributed by atoms with E-state index in [1.165, 1.54) is 10.9 Å². The van der Waals surface area contributed by atoms with Gasteiger partial charge in [-0.3, -0.25) is 4.57 Å². The molecule has 0 spiro atoms. The highest BCUT2D eigenvalue weighted by Crippen LogP contribution is 2.36. The summed E-state index contributed by atoms with van der Waals surface area (Å²) in [5, 5.41) is 16.3. The summed E-state index contributed by atoms with van der Waals surface area (Å²) in [5.41, 5.74) is 4.79. The summed E-state index contributed by atoms with van der Waals surface area (Å²) in [7, 11) is 0. The number of aliphatic hydroxyl groups is 1. The third kappa shape index (κ3) is 3.48. The Morgan fingerprint density at radius 2 is 1.97 bits per heavy atom. The number of benzene rings is 2. The molecule has 168 valence electrons. The van der Waals surface area contributed by atoms with E-state index in [9.17, 15) is 9.90 Å². The molecule has 5 rings (SSSR count). The van der Waals surface area contributed by atoms with Crippen LogP contribution in [0, 0.1) is 0 Å². The van der Waals surface area contributed by atoms with E-state index in [4.69, 9.17) is 0 Å². The van der Waals surface area contributed by atoms with E-state index >= 15 is 0 Å². The topological polar surface area (TPSA) is 85.8 Å². The number of para-hydroxylation sites is 2. The fraction of sp³-hybridized carbons (Fsp3) is 0.423. The summed E-state index contributed by atoms with van der Waals surface area (Å²) in [6.45, 7) is 7.37. The molecule has 1 unspecified atom stereocenters. The van der Waals surface area contributed by atoms with Gasteiger partial charge in [0.05, 0.1) is 17.1 Å². The van der Waals surface area contributed by atoms with Gasteiger partial charge in [-0.2, -0.15) is 0 Å². The van der Waals surface area contributed by atoms with Crippen LogP contribution in [0.1, 0.15) is 57.3 Å². The molecule has 0 fully saturated rings. The number of aryl methyl sites for hydroxylation is 1. The number of imidazole rings is 1. The van der Waals surface area contributed by atoms with Crippen LogP contribution in [0.25, 0.3) is 21.9 Å². The molecule has 6 heteroatoms. The SMILES string of the molecule is CCC(CC(C)(C)c1c[nH]c2ccccc12)N[C@@H]1CCn2c(=O)[nH]c3cccc(c32)[C@H]1O. The van der Waals surface area contributed by atoms with Gasteiger partial charge in [0.15, 0.2) is 0 Å². The lowest BCUT2D eigenvalue weighted by Crippen LogP contribution is -2.44. The van der Waals surface area contributed by atoms with Crippen LogP contribution in [0.3, 0.4) is 0 Å². The summed E-state index contributed by atoms with van der Waals surface area (Å²) >= 11 is 0. The Balaban J connectivity index is 1.39. The maximum Gasteiger partial charge on any atom is 0.326 e. The molecule has 2 aromatic heterocycles. The average Bonchev–Trinajstić information content (AvgIpc) is 3.32. The van der Waals surface area contributed by atoms with Crippen molar-refractivity contribution < 1.29 is 5.11 Å². The Kier molecular flexibility index (Phi) is 5.22. The third-order valence-electron chi connectivity index (χ3n) is 7.21. The van der Waals surface area contributed by atoms with Crippen molar-refractivity contribution in [2.24, 2.45) is 0 Å². The normalized spacial score (nSPS) is 20.0. The van der Waals surface area contributed by atoms with Crippen LogP contribution < -0.4 is 11.0 Å². The van der Waals surface area contributed by atoms with Gasteiger partial charge < -0.3 is 20.4 Å². The highest BCUT2D eigenvalue weighted by atomic mass is 16.3. The summed E-state index contributed by atoms with van der Waals surface area (Å²) in [6, 6.07) is 14.3. The van der Waals surface area contributed by atoms with E-state index < -0.39 is 6.10 Å². The molecule has 4 aromatic rings. The lowest BCUT2D eigenvalue weighted by Gasteiger charge is -2.34. The van der Waals surface area contributed by atoms with Gasteiger partial charge >= 0.3 is 5.69 Å². The average molecular weight is 433 g/mol. The number of H-pyrrole nitrogens is 2. The van der Waals surface area contributed by atoms with Gasteiger partial charge in [0.25, 0.3) is 0 Å². The van der Waals surface area contributed by atoms with Gasteiger partial charge in [0.1, 0.15) is 0 Å². The Morgan fingerprint density at radius 3 is 2.78 bits per heavy atom. The minimum atomic E-state index is -0.659. The van der Waals surface area contributed by atoms with E-state index in [0.717, 1.165) is 35.0 Å². The van der Waals surface area contributed by atoms with Crippen LogP contribution in [0.15, 0.2) is 53.5 Å². The van der Waals surface area contributed by atoms with E-state index in [1.807, 2.05) is 18.2 Å². The third-order valence-corrected chi connectivity index (χ3v) is 7.21. The molecule has 0 amide bonds. The van der Waals surface area contributed by atoms with E-state index in [1.54, 1.807) is 4.57 Å². The number of hydrogen-bond acceptors (Lipinski definition) is 3. The van der Waals surface area contributed by atoms with E-state index in [2.05, 4.69) is 66.5 Å². The quantitative estimate of drug-likeness (QED) is 0.365. The number of fused-ring (bicyclic) bond motifs is 1. The van der Waals surface area contributed by atoms with Gasteiger partial charge in [-0.1, -0.05) is 51.1 Å². The first-order valence-corrected chi connectivity index (χ1v) is 11.6. The van der Waals surface area contributed by atoms with Gasteiger partial charge in [0, 0.05) is 41.3 Å². The molecule has 6 nitrogen and oxygen atoms in total. The van der Waals surface area contributed by atoms with Crippen LogP contribution in [-0.4, -0.2) is 31.7 Å². The van der Waals surface area contributed by atoms with E-state index in [-0.39, 0.29) is 23.2 Å². The molecular formula is C26H32N4O2. The molecule has 1 aliphatic rings. The Labute approximate surface area is 187 Å². The standard InChI is InChI=1S/C26H32N4O2/c1-4-16(14-26(2,3)19-15-27-20-10-6-5-8-17(19)20)28-22-12-13-30-23-18(24(22)31)9-7-11-21(23)29-25(30)32/h5-11,15-16,22,24,27-28,31H,4,12-14H2,1-3H3,(H,29,32)/t16?,22-,24-/m1/s1. The predicted molar refractivity (Wildman–Crippen MR) is 129 cm³/mol. The molecule has 0 bridgehead atoms. The summed E-state index contributed by atoms with van der Waals surface area (Å²) < 4.78 is 1.77. The van der Waals surface area contributed by atoms with Crippen molar-refractivity contribution >= 4 is 21.9 Å². The monoisotopic (exact) mass is 432 g/mol. The molecule has 0 saturated heterocycles. The number of rotatable bonds is 6. The summed E-state index contributed by atoms with van der Waals surface area (Å²) in [5.74, 6) is 0. The van der Waals surface area contributed by atoms with Gasteiger partial charge in [0.2, 0.25) is 0 Å². The Morgan fingerprint density at radius 1 is 1.19 bits per heavy atom. The molecule has 0 aliphatic carbocycles. The number of nitrogens with zero attached hydrogens (tertiary/aromatic N) is 1. The van der Waals surface area contributed by atoms with Crippen molar-refractivity contribution in [3.05, 3.63) is 70.3 Å². The highest BCUT2D eigenvalue weighted by molar-refractivity contribution is 5.84. The second kappa shape index (κ2) is 7.94. The van der Waals surface area contributed by atoms with Crippen molar-refractivity contribution in [2.75, 3.05) is 0 Å². The number of aromatic amines is 2. The molecule has 3 atom stereocenters. The minimum Gasteiger partial charge on any atom is -0.387 e. The maximum absolute atomic E-state index is 12.4. The molecule has 2 aromatic carbocycles. The van der Waals surface area contributed by atoms with Gasteiger partial charge in [-0.15, -0.1) is 0 Å². The summed E-state index contributed by atoms with van der Waals surface area (Å²) in [4.78, 5) is 18.7. The van der Waals surface area contributed by atoms with Crippen molar-refractivity contribution in [3.8, 4) is 0 Å². The van der Waals surface area contributed by atoms with Crippen LogP contribution in [-0.2, 0) is 12.0 Å². The highest BCUT2D eigenvalue weighted by Gasteiger charge is 2.32. The van der Waals surface area contributed by atoms with Crippen LogP contribution in [0.5, 0.6) is 0 Å². The van der Waals surface area contributed by atoms with Crippen molar-refractivity contribution in [2.45, 2.75) is 70.2 Å². The smallest absolute Gasteiger partial charge is 0.326 e.